The summed E-state index contributed by atoms with van der Waals surface area (Å²) in [5.41, 5.74) is 0.0319. The number of carbonyl (C=O) groups excluding carboxylic acids is 1. The van der Waals surface area contributed by atoms with E-state index in [1.165, 1.54) is 12.1 Å². The normalized spacial score (nSPS) is 12.3. The van der Waals surface area contributed by atoms with Gasteiger partial charge in [0.25, 0.3) is 5.91 Å². The minimum absolute atomic E-state index is 0.166. The molecule has 2 aromatic carbocycles. The highest BCUT2D eigenvalue weighted by atomic mass is 19.4. The Bertz CT molecular complexity index is 765. The first-order chi connectivity index (χ1) is 11.3. The van der Waals surface area contributed by atoms with Crippen molar-refractivity contribution in [2.24, 2.45) is 0 Å². The molecule has 0 fully saturated rings. The number of aliphatic hydroxyl groups excluding tert-OH is 1. The van der Waals surface area contributed by atoms with Crippen molar-refractivity contribution < 1.29 is 23.1 Å². The molecule has 0 unspecified atom stereocenters. The molecular formula is C17H13F3N2O2. The van der Waals surface area contributed by atoms with Gasteiger partial charge in [-0.2, -0.15) is 18.4 Å². The van der Waals surface area contributed by atoms with E-state index in [0.717, 1.165) is 24.3 Å². The molecule has 2 rings (SSSR count). The van der Waals surface area contributed by atoms with Crippen molar-refractivity contribution in [2.45, 2.75) is 12.3 Å². The van der Waals surface area contributed by atoms with Gasteiger partial charge in [-0.1, -0.05) is 18.2 Å². The molecule has 0 heterocycles. The molecule has 124 valence electrons. The van der Waals surface area contributed by atoms with Crippen molar-refractivity contribution in [1.82, 2.24) is 5.32 Å². The maximum Gasteiger partial charge on any atom is 0.416 e. The molecule has 0 radical (unpaired) electrons. The van der Waals surface area contributed by atoms with Crippen LogP contribution in [0.4, 0.5) is 13.2 Å². The van der Waals surface area contributed by atoms with Crippen LogP contribution in [0, 0.1) is 11.3 Å². The molecular weight excluding hydrogens is 321 g/mol. The Labute approximate surface area is 136 Å². The highest BCUT2D eigenvalue weighted by Gasteiger charge is 2.30. The molecule has 0 saturated carbocycles. The van der Waals surface area contributed by atoms with E-state index < -0.39 is 23.8 Å². The van der Waals surface area contributed by atoms with Crippen LogP contribution in [0.3, 0.4) is 0 Å². The summed E-state index contributed by atoms with van der Waals surface area (Å²) in [4.78, 5) is 12.0. The number of hydrogen-bond donors (Lipinski definition) is 2. The molecule has 2 N–H and O–H groups in total. The molecule has 0 aliphatic rings. The summed E-state index contributed by atoms with van der Waals surface area (Å²) in [5, 5.41) is 21.2. The summed E-state index contributed by atoms with van der Waals surface area (Å²) in [5.74, 6) is -0.488. The second kappa shape index (κ2) is 7.15. The van der Waals surface area contributed by atoms with Crippen molar-refractivity contribution in [2.75, 3.05) is 6.54 Å². The van der Waals surface area contributed by atoms with Gasteiger partial charge in [0.2, 0.25) is 0 Å². The molecule has 0 aliphatic heterocycles. The predicted octanol–water partition coefficient (Wildman–Crippen LogP) is 3.04. The van der Waals surface area contributed by atoms with Crippen LogP contribution in [0.15, 0.2) is 48.5 Å². The molecule has 24 heavy (non-hydrogen) atoms. The van der Waals surface area contributed by atoms with Gasteiger partial charge in [0, 0.05) is 12.1 Å². The van der Waals surface area contributed by atoms with Crippen LogP contribution < -0.4 is 5.32 Å². The summed E-state index contributed by atoms with van der Waals surface area (Å²) in [6, 6.07) is 12.0. The fourth-order valence-electron chi connectivity index (χ4n) is 2.03. The number of nitrogens with one attached hydrogen (secondary N) is 1. The maximum absolute atomic E-state index is 12.5. The lowest BCUT2D eigenvalue weighted by molar-refractivity contribution is -0.137. The van der Waals surface area contributed by atoms with Gasteiger partial charge in [0.15, 0.2) is 0 Å². The molecule has 4 nitrogen and oxygen atoms in total. The first-order valence-electron chi connectivity index (χ1n) is 6.95. The fourth-order valence-corrected chi connectivity index (χ4v) is 2.03. The summed E-state index contributed by atoms with van der Waals surface area (Å²) >= 11 is 0. The monoisotopic (exact) mass is 334 g/mol. The minimum Gasteiger partial charge on any atom is -0.387 e. The third-order valence-electron chi connectivity index (χ3n) is 3.33. The molecule has 7 heteroatoms. The Balaban J connectivity index is 1.98. The molecule has 0 aliphatic carbocycles. The van der Waals surface area contributed by atoms with Crippen LogP contribution >= 0.6 is 0 Å². The van der Waals surface area contributed by atoms with Crippen LogP contribution in [-0.2, 0) is 6.18 Å². The van der Waals surface area contributed by atoms with Gasteiger partial charge >= 0.3 is 6.18 Å². The molecule has 0 saturated heterocycles. The van der Waals surface area contributed by atoms with E-state index in [2.05, 4.69) is 5.32 Å². The third kappa shape index (κ3) is 4.33. The number of benzene rings is 2. The van der Waals surface area contributed by atoms with E-state index in [1.807, 2.05) is 6.07 Å². The van der Waals surface area contributed by atoms with Crippen LogP contribution in [0.1, 0.15) is 33.2 Å². The van der Waals surface area contributed by atoms with Crippen molar-refractivity contribution in [3.8, 4) is 6.07 Å². The second-order valence-corrected chi connectivity index (χ2v) is 5.04. The second-order valence-electron chi connectivity index (χ2n) is 5.04. The number of nitriles is 1. The lowest BCUT2D eigenvalue weighted by atomic mass is 10.1. The first kappa shape index (κ1) is 17.5. The Hall–Kier alpha value is -2.85. The zero-order chi connectivity index (χ0) is 17.7. The predicted molar refractivity (Wildman–Crippen MR) is 79.9 cm³/mol. The first-order valence-corrected chi connectivity index (χ1v) is 6.95. The van der Waals surface area contributed by atoms with Gasteiger partial charge < -0.3 is 10.4 Å². The van der Waals surface area contributed by atoms with E-state index in [1.54, 1.807) is 12.1 Å². The fraction of sp³-hybridized carbons (Fsp3) is 0.176. The third-order valence-corrected chi connectivity index (χ3v) is 3.33. The number of nitrogens with zero attached hydrogens (tertiary/aromatic N) is 1. The Morgan fingerprint density at radius 2 is 1.88 bits per heavy atom. The van der Waals surface area contributed by atoms with Gasteiger partial charge in [-0.05, 0) is 35.9 Å². The topological polar surface area (TPSA) is 73.1 Å². The van der Waals surface area contributed by atoms with E-state index in [0.29, 0.717) is 5.56 Å². The molecule has 1 amide bonds. The SMILES string of the molecule is N#Cc1cccc(C(=O)NC[C@@H](O)c2ccc(C(F)(F)F)cc2)c1. The van der Waals surface area contributed by atoms with E-state index in [4.69, 9.17) is 5.26 Å². The summed E-state index contributed by atoms with van der Waals surface area (Å²) in [7, 11) is 0. The summed E-state index contributed by atoms with van der Waals surface area (Å²) in [6.07, 6.45) is -5.58. The molecule has 0 bridgehead atoms. The largest absolute Gasteiger partial charge is 0.416 e. The van der Waals surface area contributed by atoms with Crippen LogP contribution in [0.5, 0.6) is 0 Å². The highest BCUT2D eigenvalue weighted by molar-refractivity contribution is 5.94. The number of alkyl halides is 3. The highest BCUT2D eigenvalue weighted by Crippen LogP contribution is 2.29. The maximum atomic E-state index is 12.5. The number of carbonyl (C=O) groups is 1. The summed E-state index contributed by atoms with van der Waals surface area (Å²) < 4.78 is 37.4. The van der Waals surface area contributed by atoms with Crippen molar-refractivity contribution in [3.63, 3.8) is 0 Å². The smallest absolute Gasteiger partial charge is 0.387 e. The standard InChI is InChI=1S/C17H13F3N2O2/c18-17(19,20)14-6-4-12(5-7-14)15(23)10-22-16(24)13-3-1-2-11(8-13)9-21/h1-8,15,23H,10H2,(H,22,24)/t15-/m1/s1. The number of halogens is 3. The van der Waals surface area contributed by atoms with Crippen LogP contribution in [0.2, 0.25) is 0 Å². The van der Waals surface area contributed by atoms with Crippen LogP contribution in [0.25, 0.3) is 0 Å². The Morgan fingerprint density at radius 3 is 2.46 bits per heavy atom. The lowest BCUT2D eigenvalue weighted by Gasteiger charge is -2.14. The number of amides is 1. The quantitative estimate of drug-likeness (QED) is 0.903. The average molecular weight is 334 g/mol. The van der Waals surface area contributed by atoms with E-state index in [9.17, 15) is 23.1 Å². The zero-order valence-electron chi connectivity index (χ0n) is 12.3. The molecule has 2 aromatic rings. The molecule has 0 aromatic heterocycles. The lowest BCUT2D eigenvalue weighted by Crippen LogP contribution is -2.28. The average Bonchev–Trinajstić information content (AvgIpc) is 2.58. The van der Waals surface area contributed by atoms with Crippen molar-refractivity contribution in [3.05, 3.63) is 70.8 Å². The van der Waals surface area contributed by atoms with Gasteiger partial charge in [-0.3, -0.25) is 4.79 Å². The zero-order valence-corrected chi connectivity index (χ0v) is 12.3. The van der Waals surface area contributed by atoms with Gasteiger partial charge in [-0.25, -0.2) is 0 Å². The van der Waals surface area contributed by atoms with E-state index >= 15 is 0 Å². The number of hydrogen-bond acceptors (Lipinski definition) is 3. The van der Waals surface area contributed by atoms with Crippen LogP contribution in [-0.4, -0.2) is 17.6 Å². The van der Waals surface area contributed by atoms with Crippen molar-refractivity contribution in [1.29, 1.82) is 5.26 Å². The number of rotatable bonds is 4. The van der Waals surface area contributed by atoms with E-state index in [-0.39, 0.29) is 17.7 Å². The summed E-state index contributed by atoms with van der Waals surface area (Å²) in [6.45, 7) is -0.166. The number of aliphatic hydroxyl groups is 1. The molecule has 1 atom stereocenters. The van der Waals surface area contributed by atoms with Gasteiger partial charge in [-0.15, -0.1) is 0 Å². The van der Waals surface area contributed by atoms with Gasteiger partial charge in [0.05, 0.1) is 23.3 Å². The Kier molecular flexibility index (Phi) is 5.21. The van der Waals surface area contributed by atoms with Gasteiger partial charge in [0.1, 0.15) is 0 Å². The Morgan fingerprint density at radius 1 is 1.21 bits per heavy atom. The minimum atomic E-state index is -4.44. The molecule has 0 spiro atoms. The van der Waals surface area contributed by atoms with Crippen molar-refractivity contribution >= 4 is 5.91 Å².